The Morgan fingerprint density at radius 2 is 2.09 bits per heavy atom. The molecule has 0 bridgehead atoms. The molecule has 1 saturated carbocycles. The van der Waals surface area contributed by atoms with Crippen LogP contribution in [0.3, 0.4) is 0 Å². The lowest BCUT2D eigenvalue weighted by Gasteiger charge is -2.23. The van der Waals surface area contributed by atoms with E-state index in [2.05, 4.69) is 30.8 Å². The van der Waals surface area contributed by atoms with Crippen LogP contribution in [0.2, 0.25) is 0 Å². The normalized spacial score (nSPS) is 17.2. The number of aryl methyl sites for hydroxylation is 1. The number of hydrogen-bond acceptors (Lipinski definition) is 4. The Morgan fingerprint density at radius 3 is 2.73 bits per heavy atom. The molecule has 22 heavy (non-hydrogen) atoms. The number of hydrogen-bond donors (Lipinski definition) is 2. The summed E-state index contributed by atoms with van der Waals surface area (Å²) in [5, 5.41) is 9.74. The molecule has 0 saturated heterocycles. The zero-order chi connectivity index (χ0) is 15.9. The van der Waals surface area contributed by atoms with E-state index in [1.165, 1.54) is 37.7 Å². The lowest BCUT2D eigenvalue weighted by atomic mass is 9.83. The largest absolute Gasteiger partial charge is 0.464 e. The van der Waals surface area contributed by atoms with Gasteiger partial charge in [0, 0.05) is 4.90 Å². The first-order chi connectivity index (χ1) is 10.6. The second-order valence-corrected chi connectivity index (χ2v) is 6.52. The van der Waals surface area contributed by atoms with Crippen molar-refractivity contribution in [3.05, 3.63) is 29.3 Å². The molecule has 2 rings (SSSR count). The van der Waals surface area contributed by atoms with E-state index < -0.39 is 12.1 Å². The first-order valence-corrected chi connectivity index (χ1v) is 8.73. The molecule has 0 heterocycles. The van der Waals surface area contributed by atoms with Crippen LogP contribution in [0.1, 0.15) is 62.5 Å². The molecular weight excluding hydrogens is 296 g/mol. The zero-order valence-electron chi connectivity index (χ0n) is 13.3. The summed E-state index contributed by atoms with van der Waals surface area (Å²) in [4.78, 5) is 12.4. The maximum absolute atomic E-state index is 11.4. The van der Waals surface area contributed by atoms with Gasteiger partial charge in [0.1, 0.15) is 0 Å². The fourth-order valence-electron chi connectivity index (χ4n) is 3.16. The SMILES string of the molecule is CCOC(=O)C(O)CCc1ccc(C2CCCCC2)c(S)c1. The van der Waals surface area contributed by atoms with Crippen molar-refractivity contribution in [2.24, 2.45) is 0 Å². The van der Waals surface area contributed by atoms with E-state index in [1.54, 1.807) is 6.92 Å². The topological polar surface area (TPSA) is 46.5 Å². The van der Waals surface area contributed by atoms with Crippen molar-refractivity contribution in [2.75, 3.05) is 6.61 Å². The maximum Gasteiger partial charge on any atom is 0.334 e. The van der Waals surface area contributed by atoms with Gasteiger partial charge in [0.05, 0.1) is 6.61 Å². The Labute approximate surface area is 138 Å². The smallest absolute Gasteiger partial charge is 0.334 e. The van der Waals surface area contributed by atoms with Crippen molar-refractivity contribution in [1.29, 1.82) is 0 Å². The third-order valence-electron chi connectivity index (χ3n) is 4.40. The number of thiol groups is 1. The van der Waals surface area contributed by atoms with Crippen molar-refractivity contribution in [3.8, 4) is 0 Å². The summed E-state index contributed by atoms with van der Waals surface area (Å²) >= 11 is 4.64. The second-order valence-electron chi connectivity index (χ2n) is 6.03. The van der Waals surface area contributed by atoms with E-state index in [-0.39, 0.29) is 0 Å². The number of rotatable bonds is 6. The molecule has 4 heteroatoms. The van der Waals surface area contributed by atoms with E-state index in [9.17, 15) is 9.90 Å². The molecule has 1 aliphatic carbocycles. The lowest BCUT2D eigenvalue weighted by molar-refractivity contribution is -0.153. The van der Waals surface area contributed by atoms with Crippen molar-refractivity contribution in [2.45, 2.75) is 68.8 Å². The number of ether oxygens (including phenoxy) is 1. The number of carbonyl (C=O) groups is 1. The Morgan fingerprint density at radius 1 is 1.36 bits per heavy atom. The van der Waals surface area contributed by atoms with Gasteiger partial charge in [-0.15, -0.1) is 12.6 Å². The molecule has 0 amide bonds. The van der Waals surface area contributed by atoms with Crippen LogP contribution in [-0.4, -0.2) is 23.8 Å². The molecule has 0 radical (unpaired) electrons. The summed E-state index contributed by atoms with van der Waals surface area (Å²) in [6.07, 6.45) is 6.48. The Hall–Kier alpha value is -1.00. The quantitative estimate of drug-likeness (QED) is 0.617. The summed E-state index contributed by atoms with van der Waals surface area (Å²) in [7, 11) is 0. The predicted molar refractivity (Wildman–Crippen MR) is 90.5 cm³/mol. The van der Waals surface area contributed by atoms with E-state index in [1.807, 2.05) is 0 Å². The maximum atomic E-state index is 11.4. The summed E-state index contributed by atoms with van der Waals surface area (Å²) in [6, 6.07) is 6.34. The predicted octanol–water partition coefficient (Wildman–Crippen LogP) is 3.88. The number of aliphatic hydroxyl groups is 1. The Kier molecular flexibility index (Phi) is 6.77. The van der Waals surface area contributed by atoms with Gasteiger partial charge in [-0.1, -0.05) is 31.4 Å². The molecule has 1 aromatic carbocycles. The number of aliphatic hydroxyl groups excluding tert-OH is 1. The lowest BCUT2D eigenvalue weighted by Crippen LogP contribution is -2.23. The molecule has 0 spiro atoms. The molecule has 1 aliphatic rings. The van der Waals surface area contributed by atoms with Crippen LogP contribution in [0.15, 0.2) is 23.1 Å². The standard InChI is InChI=1S/C18H26O3S/c1-2-21-18(20)16(19)11-9-13-8-10-15(17(22)12-13)14-6-4-3-5-7-14/h8,10,12,14,16,19,22H,2-7,9,11H2,1H3. The highest BCUT2D eigenvalue weighted by Gasteiger charge is 2.19. The van der Waals surface area contributed by atoms with Gasteiger partial charge in [0.2, 0.25) is 0 Å². The minimum Gasteiger partial charge on any atom is -0.464 e. The van der Waals surface area contributed by atoms with Crippen molar-refractivity contribution < 1.29 is 14.6 Å². The van der Waals surface area contributed by atoms with Crippen molar-refractivity contribution >= 4 is 18.6 Å². The molecule has 122 valence electrons. The monoisotopic (exact) mass is 322 g/mol. The summed E-state index contributed by atoms with van der Waals surface area (Å²) in [5.74, 6) is 0.104. The second kappa shape index (κ2) is 8.59. The fraction of sp³-hybridized carbons (Fsp3) is 0.611. The van der Waals surface area contributed by atoms with E-state index in [0.717, 1.165) is 10.5 Å². The highest BCUT2D eigenvalue weighted by Crippen LogP contribution is 2.36. The van der Waals surface area contributed by atoms with Gasteiger partial charge in [-0.2, -0.15) is 0 Å². The van der Waals surface area contributed by atoms with Gasteiger partial charge in [-0.3, -0.25) is 0 Å². The molecule has 1 fully saturated rings. The molecule has 0 aliphatic heterocycles. The zero-order valence-corrected chi connectivity index (χ0v) is 14.1. The third kappa shape index (κ3) is 4.75. The Balaban J connectivity index is 1.93. The van der Waals surface area contributed by atoms with Crippen LogP contribution < -0.4 is 0 Å². The fourth-order valence-corrected chi connectivity index (χ4v) is 3.59. The highest BCUT2D eigenvalue weighted by atomic mass is 32.1. The van der Waals surface area contributed by atoms with Gasteiger partial charge in [-0.25, -0.2) is 4.79 Å². The van der Waals surface area contributed by atoms with Crippen LogP contribution in [0, 0.1) is 0 Å². The van der Waals surface area contributed by atoms with E-state index in [0.29, 0.717) is 25.4 Å². The minimum absolute atomic E-state index is 0.298. The van der Waals surface area contributed by atoms with Crippen LogP contribution in [0.4, 0.5) is 0 Å². The van der Waals surface area contributed by atoms with Gasteiger partial charge < -0.3 is 9.84 Å². The number of carbonyl (C=O) groups excluding carboxylic acids is 1. The van der Waals surface area contributed by atoms with E-state index >= 15 is 0 Å². The summed E-state index contributed by atoms with van der Waals surface area (Å²) < 4.78 is 4.81. The highest BCUT2D eigenvalue weighted by molar-refractivity contribution is 7.80. The first-order valence-electron chi connectivity index (χ1n) is 8.28. The van der Waals surface area contributed by atoms with Gasteiger partial charge in [0.25, 0.3) is 0 Å². The minimum atomic E-state index is -1.04. The Bertz CT molecular complexity index is 495. The van der Waals surface area contributed by atoms with Crippen LogP contribution in [0.5, 0.6) is 0 Å². The van der Waals surface area contributed by atoms with E-state index in [4.69, 9.17) is 4.74 Å². The van der Waals surface area contributed by atoms with Crippen LogP contribution in [-0.2, 0) is 16.0 Å². The molecule has 1 aromatic rings. The number of esters is 1. The molecule has 1 atom stereocenters. The molecule has 3 nitrogen and oxygen atoms in total. The molecule has 1 unspecified atom stereocenters. The average Bonchev–Trinajstić information content (AvgIpc) is 2.53. The van der Waals surface area contributed by atoms with Crippen LogP contribution >= 0.6 is 12.6 Å². The van der Waals surface area contributed by atoms with Crippen molar-refractivity contribution in [3.63, 3.8) is 0 Å². The van der Waals surface area contributed by atoms with Gasteiger partial charge in [-0.05, 0) is 55.7 Å². The van der Waals surface area contributed by atoms with Gasteiger partial charge in [0.15, 0.2) is 6.10 Å². The summed E-state index contributed by atoms with van der Waals surface area (Å²) in [5.41, 5.74) is 2.45. The average molecular weight is 322 g/mol. The third-order valence-corrected chi connectivity index (χ3v) is 4.79. The number of benzene rings is 1. The first kappa shape index (κ1) is 17.4. The molecular formula is C18H26O3S. The van der Waals surface area contributed by atoms with Gasteiger partial charge >= 0.3 is 5.97 Å². The van der Waals surface area contributed by atoms with Crippen molar-refractivity contribution in [1.82, 2.24) is 0 Å². The van der Waals surface area contributed by atoms with Crippen LogP contribution in [0.25, 0.3) is 0 Å². The summed E-state index contributed by atoms with van der Waals surface area (Å²) in [6.45, 7) is 2.04. The molecule has 1 N–H and O–H groups in total. The molecule has 0 aromatic heterocycles.